The number of ketones is 1. The maximum atomic E-state index is 12.2. The molecule has 8 atom stereocenters. The first-order valence-corrected chi connectivity index (χ1v) is 12.3. The zero-order valence-corrected chi connectivity index (χ0v) is 19.3. The minimum absolute atomic E-state index is 0.00586. The van der Waals surface area contributed by atoms with Crippen LogP contribution in [0.15, 0.2) is 11.6 Å². The van der Waals surface area contributed by atoms with E-state index in [4.69, 9.17) is 9.47 Å². The third kappa shape index (κ3) is 2.65. The van der Waals surface area contributed by atoms with Gasteiger partial charge >= 0.3 is 0 Å². The molecule has 0 aromatic heterocycles. The Balaban J connectivity index is 1.45. The molecule has 4 saturated carbocycles. The maximum absolute atomic E-state index is 12.2. The molecule has 0 heterocycles. The summed E-state index contributed by atoms with van der Waals surface area (Å²) in [6, 6.07) is 0. The lowest BCUT2D eigenvalue weighted by atomic mass is 9.45. The van der Waals surface area contributed by atoms with Gasteiger partial charge in [-0.2, -0.15) is 0 Å². The lowest BCUT2D eigenvalue weighted by molar-refractivity contribution is -0.163. The van der Waals surface area contributed by atoms with Crippen LogP contribution in [0, 0.1) is 40.4 Å². The average Bonchev–Trinajstić information content (AvgIpc) is 2.83. The fraction of sp³-hybridized carbons (Fsp3) is 0.885. The van der Waals surface area contributed by atoms with Gasteiger partial charge in [0.1, 0.15) is 0 Å². The van der Waals surface area contributed by atoms with Crippen molar-refractivity contribution in [2.75, 3.05) is 14.2 Å². The predicted octanol–water partition coefficient (Wildman–Crippen LogP) is 4.89. The molecule has 0 aromatic carbocycles. The molecule has 4 fully saturated rings. The van der Waals surface area contributed by atoms with E-state index in [2.05, 4.69) is 13.8 Å². The van der Waals surface area contributed by atoms with Crippen molar-refractivity contribution < 1.29 is 19.4 Å². The summed E-state index contributed by atoms with van der Waals surface area (Å²) in [4.78, 5) is 12.1. The largest absolute Gasteiger partial charge is 0.389 e. The monoisotopic (exact) mass is 416 g/mol. The van der Waals surface area contributed by atoms with E-state index in [1.807, 2.05) is 6.08 Å². The molecule has 168 valence electrons. The van der Waals surface area contributed by atoms with Crippen LogP contribution in [0.5, 0.6) is 0 Å². The summed E-state index contributed by atoms with van der Waals surface area (Å²) in [6.45, 7) is 4.87. The summed E-state index contributed by atoms with van der Waals surface area (Å²) in [5, 5.41) is 12.2. The highest BCUT2D eigenvalue weighted by Gasteiger charge is 2.72. The Morgan fingerprint density at radius 3 is 2.43 bits per heavy atom. The van der Waals surface area contributed by atoms with Crippen LogP contribution in [0.3, 0.4) is 0 Å². The first kappa shape index (κ1) is 21.2. The zero-order valence-electron chi connectivity index (χ0n) is 19.3. The van der Waals surface area contributed by atoms with Gasteiger partial charge in [-0.3, -0.25) is 4.79 Å². The number of allylic oxidation sites excluding steroid dienone is 1. The van der Waals surface area contributed by atoms with Crippen LogP contribution in [0.1, 0.15) is 78.1 Å². The van der Waals surface area contributed by atoms with Crippen molar-refractivity contribution in [3.63, 3.8) is 0 Å². The molecule has 0 amide bonds. The summed E-state index contributed by atoms with van der Waals surface area (Å²) < 4.78 is 10.9. The van der Waals surface area contributed by atoms with Crippen LogP contribution in [0.25, 0.3) is 0 Å². The van der Waals surface area contributed by atoms with Gasteiger partial charge in [0.15, 0.2) is 12.1 Å². The summed E-state index contributed by atoms with van der Waals surface area (Å²) in [7, 11) is 3.38. The molecule has 0 bridgehead atoms. The van der Waals surface area contributed by atoms with Crippen molar-refractivity contribution in [2.45, 2.75) is 89.9 Å². The number of carbonyl (C=O) groups is 1. The molecule has 4 nitrogen and oxygen atoms in total. The van der Waals surface area contributed by atoms with Crippen LogP contribution in [-0.4, -0.2) is 37.0 Å². The van der Waals surface area contributed by atoms with Gasteiger partial charge < -0.3 is 14.6 Å². The van der Waals surface area contributed by atoms with Crippen LogP contribution in [0.2, 0.25) is 0 Å². The maximum Gasteiger partial charge on any atom is 0.156 e. The van der Waals surface area contributed by atoms with Crippen LogP contribution in [-0.2, 0) is 14.3 Å². The SMILES string of the molecule is COC(CC[C@]1(O)[C@H]2CC[C@H]2[C@H]2[C@@H]3CCC4=CC(=O)CC[C@]4(C)[C@H]3CC[C@@]21C)OC. The normalized spacial score (nSPS) is 49.6. The Hall–Kier alpha value is -0.710. The number of carbonyl (C=O) groups excluding carboxylic acids is 1. The van der Waals surface area contributed by atoms with Crippen molar-refractivity contribution in [1.29, 1.82) is 0 Å². The fourth-order valence-electron chi connectivity index (χ4n) is 9.22. The Bertz CT molecular complexity index is 741. The fourth-order valence-corrected chi connectivity index (χ4v) is 9.22. The van der Waals surface area contributed by atoms with Gasteiger partial charge in [-0.15, -0.1) is 0 Å². The van der Waals surface area contributed by atoms with Gasteiger partial charge in [-0.25, -0.2) is 0 Å². The van der Waals surface area contributed by atoms with E-state index < -0.39 is 5.60 Å². The van der Waals surface area contributed by atoms with E-state index in [1.54, 1.807) is 14.2 Å². The standard InChI is InChI=1S/C26H40O4/c1-24-12-9-17(27)15-16(24)5-6-18-20(24)10-13-25(2)23(18)19-7-8-21(19)26(25,28)14-11-22(29-3)30-4/h15,18-23,28H,5-14H2,1-4H3/t18-,19-,20+,21+,23-,24+,25+,26+/m1/s1. The van der Waals surface area contributed by atoms with Crippen LogP contribution < -0.4 is 0 Å². The van der Waals surface area contributed by atoms with Crippen LogP contribution >= 0.6 is 0 Å². The van der Waals surface area contributed by atoms with Gasteiger partial charge in [-0.1, -0.05) is 19.4 Å². The molecule has 0 unspecified atom stereocenters. The molecule has 0 aromatic rings. The first-order valence-electron chi connectivity index (χ1n) is 12.3. The second kappa shape index (κ2) is 7.15. The number of methoxy groups -OCH3 is 2. The second-order valence-corrected chi connectivity index (χ2v) is 11.6. The van der Waals surface area contributed by atoms with Crippen molar-refractivity contribution in [3.05, 3.63) is 11.6 Å². The Kier molecular flexibility index (Phi) is 5.04. The van der Waals surface area contributed by atoms with Gasteiger partial charge in [0.05, 0.1) is 5.60 Å². The quantitative estimate of drug-likeness (QED) is 0.648. The number of ether oxygens (including phenoxy) is 2. The molecule has 5 rings (SSSR count). The third-order valence-corrected chi connectivity index (χ3v) is 10.9. The highest BCUT2D eigenvalue weighted by atomic mass is 16.7. The number of aliphatic hydroxyl groups is 1. The summed E-state index contributed by atoms with van der Waals surface area (Å²) >= 11 is 0. The molecule has 30 heavy (non-hydrogen) atoms. The smallest absolute Gasteiger partial charge is 0.156 e. The molecule has 0 aliphatic heterocycles. The van der Waals surface area contributed by atoms with Crippen molar-refractivity contribution >= 4 is 5.78 Å². The average molecular weight is 417 g/mol. The number of rotatable bonds is 5. The second-order valence-electron chi connectivity index (χ2n) is 11.6. The van der Waals surface area contributed by atoms with E-state index in [0.29, 0.717) is 35.4 Å². The van der Waals surface area contributed by atoms with Crippen LogP contribution in [0.4, 0.5) is 0 Å². The number of fused-ring (bicyclic) bond motifs is 7. The topological polar surface area (TPSA) is 55.8 Å². The van der Waals surface area contributed by atoms with E-state index in [-0.39, 0.29) is 17.1 Å². The first-order chi connectivity index (χ1) is 14.3. The summed E-state index contributed by atoms with van der Waals surface area (Å²) in [5.74, 6) is 3.45. The van der Waals surface area contributed by atoms with Gasteiger partial charge in [0.25, 0.3) is 0 Å². The van der Waals surface area contributed by atoms with Gasteiger partial charge in [0, 0.05) is 27.1 Å². The Morgan fingerprint density at radius 1 is 1.03 bits per heavy atom. The van der Waals surface area contributed by atoms with Crippen molar-refractivity contribution in [3.8, 4) is 0 Å². The molecule has 0 spiro atoms. The molecule has 5 aliphatic carbocycles. The van der Waals surface area contributed by atoms with E-state index >= 15 is 0 Å². The lowest BCUT2D eigenvalue weighted by Gasteiger charge is -2.59. The molecule has 4 heteroatoms. The van der Waals surface area contributed by atoms with E-state index in [9.17, 15) is 9.90 Å². The molecule has 0 saturated heterocycles. The van der Waals surface area contributed by atoms with E-state index in [0.717, 1.165) is 38.5 Å². The van der Waals surface area contributed by atoms with Crippen molar-refractivity contribution in [2.24, 2.45) is 40.4 Å². The predicted molar refractivity (Wildman–Crippen MR) is 116 cm³/mol. The molecular weight excluding hydrogens is 376 g/mol. The minimum Gasteiger partial charge on any atom is -0.389 e. The molecule has 5 aliphatic rings. The van der Waals surface area contributed by atoms with Gasteiger partial charge in [0.2, 0.25) is 0 Å². The van der Waals surface area contributed by atoms with Gasteiger partial charge in [-0.05, 0) is 97.9 Å². The Labute approximate surface area is 181 Å². The molecule has 1 N–H and O–H groups in total. The highest BCUT2D eigenvalue weighted by Crippen LogP contribution is 2.74. The van der Waals surface area contributed by atoms with E-state index in [1.165, 1.54) is 31.3 Å². The molecular formula is C26H40O4. The lowest BCUT2D eigenvalue weighted by Crippen LogP contribution is -2.55. The summed E-state index contributed by atoms with van der Waals surface area (Å²) in [5.41, 5.74) is 1.04. The van der Waals surface area contributed by atoms with Crippen molar-refractivity contribution in [1.82, 2.24) is 0 Å². The Morgan fingerprint density at radius 2 is 1.77 bits per heavy atom. The minimum atomic E-state index is -0.597. The third-order valence-electron chi connectivity index (χ3n) is 10.9. The zero-order chi connectivity index (χ0) is 21.3. The summed E-state index contributed by atoms with van der Waals surface area (Å²) in [6.07, 6.45) is 12.1. The molecule has 0 radical (unpaired) electrons. The number of hydrogen-bond acceptors (Lipinski definition) is 4. The number of hydrogen-bond donors (Lipinski definition) is 1. The highest BCUT2D eigenvalue weighted by molar-refractivity contribution is 5.91.